The van der Waals surface area contributed by atoms with Gasteiger partial charge in [-0.25, -0.2) is 0 Å². The topological polar surface area (TPSA) is 44.1 Å². The maximum atomic E-state index is 11.1. The molecule has 1 rings (SSSR count). The van der Waals surface area contributed by atoms with Crippen LogP contribution in [0.3, 0.4) is 0 Å². The Balaban J connectivity index is 2.76. The lowest BCUT2D eigenvalue weighted by atomic mass is 10.2. The highest BCUT2D eigenvalue weighted by atomic mass is 79.9. The first kappa shape index (κ1) is 16.6. The molecule has 0 spiro atoms. The van der Waals surface area contributed by atoms with Gasteiger partial charge in [-0.05, 0) is 41.0 Å². The van der Waals surface area contributed by atoms with Crippen molar-refractivity contribution in [1.82, 2.24) is 9.78 Å². The summed E-state index contributed by atoms with van der Waals surface area (Å²) in [7, 11) is -1.76. The van der Waals surface area contributed by atoms with Crippen molar-refractivity contribution in [3.63, 3.8) is 0 Å². The number of rotatable bonds is 5. The smallest absolute Gasteiger partial charge is 0.192 e. The zero-order valence-corrected chi connectivity index (χ0v) is 15.1. The third-order valence-electron chi connectivity index (χ3n) is 3.81. The van der Waals surface area contributed by atoms with Crippen molar-refractivity contribution in [2.75, 3.05) is 6.61 Å². The standard InChI is InChI=1S/C13H23BrN2O2Si/c1-10(9-18-19(5,6)13(2,3)4)16-12(8-17)11(14)7-15-16/h7-8,10H,9H2,1-6H3/t10-/m1/s1. The van der Waals surface area contributed by atoms with Gasteiger partial charge in [-0.3, -0.25) is 9.48 Å². The molecule has 1 heterocycles. The molecule has 0 aliphatic heterocycles. The molecule has 0 radical (unpaired) electrons. The van der Waals surface area contributed by atoms with Crippen LogP contribution < -0.4 is 0 Å². The number of hydrogen-bond acceptors (Lipinski definition) is 3. The highest BCUT2D eigenvalue weighted by molar-refractivity contribution is 9.10. The van der Waals surface area contributed by atoms with Gasteiger partial charge in [-0.15, -0.1) is 0 Å². The zero-order valence-electron chi connectivity index (χ0n) is 12.5. The molecule has 0 aliphatic carbocycles. The Morgan fingerprint density at radius 3 is 2.58 bits per heavy atom. The van der Waals surface area contributed by atoms with E-state index in [0.29, 0.717) is 12.3 Å². The van der Waals surface area contributed by atoms with Crippen LogP contribution in [0.15, 0.2) is 10.7 Å². The van der Waals surface area contributed by atoms with Gasteiger partial charge in [-0.2, -0.15) is 5.10 Å². The molecule has 108 valence electrons. The minimum atomic E-state index is -1.76. The summed E-state index contributed by atoms with van der Waals surface area (Å²) in [6, 6.07) is 0.0422. The molecule has 19 heavy (non-hydrogen) atoms. The maximum absolute atomic E-state index is 11.1. The molecule has 0 saturated heterocycles. The minimum Gasteiger partial charge on any atom is -0.415 e. The molecule has 0 N–H and O–H groups in total. The van der Waals surface area contributed by atoms with E-state index in [0.717, 1.165) is 10.8 Å². The van der Waals surface area contributed by atoms with Gasteiger partial charge < -0.3 is 4.43 Å². The van der Waals surface area contributed by atoms with Crippen LogP contribution in [-0.4, -0.2) is 31.0 Å². The Morgan fingerprint density at radius 1 is 1.53 bits per heavy atom. The molecular formula is C13H23BrN2O2Si. The molecule has 0 saturated carbocycles. The summed E-state index contributed by atoms with van der Waals surface area (Å²) in [4.78, 5) is 11.1. The van der Waals surface area contributed by atoms with Crippen LogP contribution in [0.5, 0.6) is 0 Å². The average Bonchev–Trinajstić information content (AvgIpc) is 2.65. The van der Waals surface area contributed by atoms with Gasteiger partial charge in [0.05, 0.1) is 23.3 Å². The molecule has 0 aliphatic rings. The van der Waals surface area contributed by atoms with E-state index in [-0.39, 0.29) is 11.1 Å². The monoisotopic (exact) mass is 346 g/mol. The van der Waals surface area contributed by atoms with Crippen molar-refractivity contribution in [3.8, 4) is 0 Å². The van der Waals surface area contributed by atoms with Gasteiger partial charge in [0.2, 0.25) is 0 Å². The van der Waals surface area contributed by atoms with E-state index in [1.165, 1.54) is 0 Å². The van der Waals surface area contributed by atoms with Crippen LogP contribution in [0.4, 0.5) is 0 Å². The van der Waals surface area contributed by atoms with E-state index in [1.807, 2.05) is 6.92 Å². The largest absolute Gasteiger partial charge is 0.415 e. The van der Waals surface area contributed by atoms with Crippen LogP contribution in [-0.2, 0) is 4.43 Å². The summed E-state index contributed by atoms with van der Waals surface area (Å²) >= 11 is 3.32. The molecular weight excluding hydrogens is 324 g/mol. The summed E-state index contributed by atoms with van der Waals surface area (Å²) in [5, 5.41) is 4.41. The second kappa shape index (κ2) is 5.89. The fourth-order valence-electron chi connectivity index (χ4n) is 1.43. The number of hydrogen-bond donors (Lipinski definition) is 0. The fraction of sp³-hybridized carbons (Fsp3) is 0.692. The molecule has 1 aromatic heterocycles. The van der Waals surface area contributed by atoms with Crippen LogP contribution in [0.25, 0.3) is 0 Å². The van der Waals surface area contributed by atoms with Gasteiger partial charge in [0.25, 0.3) is 0 Å². The van der Waals surface area contributed by atoms with E-state index < -0.39 is 8.32 Å². The van der Waals surface area contributed by atoms with E-state index in [4.69, 9.17) is 4.43 Å². The lowest BCUT2D eigenvalue weighted by molar-refractivity contribution is 0.110. The molecule has 0 unspecified atom stereocenters. The van der Waals surface area contributed by atoms with Gasteiger partial charge in [0.15, 0.2) is 14.6 Å². The molecule has 0 aromatic carbocycles. The number of aldehydes is 1. The first-order valence-electron chi connectivity index (χ1n) is 6.42. The zero-order chi connectivity index (χ0) is 14.8. The van der Waals surface area contributed by atoms with Crippen LogP contribution in [0, 0.1) is 0 Å². The highest BCUT2D eigenvalue weighted by Crippen LogP contribution is 2.37. The lowest BCUT2D eigenvalue weighted by Crippen LogP contribution is -2.42. The van der Waals surface area contributed by atoms with Crippen molar-refractivity contribution in [2.24, 2.45) is 0 Å². The molecule has 1 aromatic rings. The van der Waals surface area contributed by atoms with E-state index >= 15 is 0 Å². The second-order valence-electron chi connectivity index (χ2n) is 6.36. The molecule has 0 fully saturated rings. The summed E-state index contributed by atoms with van der Waals surface area (Å²) in [6.45, 7) is 13.7. The SMILES string of the molecule is C[C@H](CO[Si](C)(C)C(C)(C)C)n1ncc(Br)c1C=O. The fourth-order valence-corrected chi connectivity index (χ4v) is 2.89. The predicted octanol–water partition coefficient (Wildman–Crippen LogP) is 4.04. The maximum Gasteiger partial charge on any atom is 0.192 e. The summed E-state index contributed by atoms with van der Waals surface area (Å²) in [5.41, 5.74) is 0.561. The first-order valence-corrected chi connectivity index (χ1v) is 10.1. The number of aromatic nitrogens is 2. The predicted molar refractivity (Wildman–Crippen MR) is 83.2 cm³/mol. The van der Waals surface area contributed by atoms with Crippen molar-refractivity contribution in [1.29, 1.82) is 0 Å². The Bertz CT molecular complexity index is 452. The Hall–Kier alpha value is -0.463. The van der Waals surface area contributed by atoms with Crippen LogP contribution >= 0.6 is 15.9 Å². The quantitative estimate of drug-likeness (QED) is 0.596. The van der Waals surface area contributed by atoms with Gasteiger partial charge >= 0.3 is 0 Å². The third kappa shape index (κ3) is 3.76. The van der Waals surface area contributed by atoms with Crippen LogP contribution in [0.2, 0.25) is 18.1 Å². The summed E-state index contributed by atoms with van der Waals surface area (Å²) in [6.07, 6.45) is 2.46. The number of halogens is 1. The molecule has 0 amide bonds. The Morgan fingerprint density at radius 2 is 2.11 bits per heavy atom. The highest BCUT2D eigenvalue weighted by Gasteiger charge is 2.37. The summed E-state index contributed by atoms with van der Waals surface area (Å²) < 4.78 is 8.60. The van der Waals surface area contributed by atoms with Gasteiger partial charge in [0, 0.05) is 0 Å². The third-order valence-corrected chi connectivity index (χ3v) is 8.92. The minimum absolute atomic E-state index is 0.0422. The van der Waals surface area contributed by atoms with Gasteiger partial charge in [0.1, 0.15) is 5.69 Å². The van der Waals surface area contributed by atoms with E-state index in [9.17, 15) is 4.79 Å². The van der Waals surface area contributed by atoms with Crippen molar-refractivity contribution < 1.29 is 9.22 Å². The number of carbonyl (C=O) groups is 1. The van der Waals surface area contributed by atoms with Gasteiger partial charge in [-0.1, -0.05) is 20.8 Å². The van der Waals surface area contributed by atoms with E-state index in [1.54, 1.807) is 10.9 Å². The lowest BCUT2D eigenvalue weighted by Gasteiger charge is -2.37. The van der Waals surface area contributed by atoms with Crippen molar-refractivity contribution in [3.05, 3.63) is 16.4 Å². The van der Waals surface area contributed by atoms with Crippen LogP contribution in [0.1, 0.15) is 44.2 Å². The second-order valence-corrected chi connectivity index (χ2v) is 12.0. The van der Waals surface area contributed by atoms with Crippen molar-refractivity contribution in [2.45, 2.75) is 51.9 Å². The molecule has 4 nitrogen and oxygen atoms in total. The Kier molecular flexibility index (Phi) is 5.14. The number of carbonyl (C=O) groups excluding carboxylic acids is 1. The van der Waals surface area contributed by atoms with Crippen molar-refractivity contribution >= 4 is 30.5 Å². The molecule has 6 heteroatoms. The first-order chi connectivity index (χ1) is 8.60. The number of nitrogens with zero attached hydrogens (tertiary/aromatic N) is 2. The molecule has 0 bridgehead atoms. The van der Waals surface area contributed by atoms with E-state index in [2.05, 4.69) is 54.9 Å². The normalized spacial score (nSPS) is 14.5. The summed E-state index contributed by atoms with van der Waals surface area (Å²) in [5.74, 6) is 0. The molecule has 1 atom stereocenters. The average molecular weight is 347 g/mol. The Labute approximate surface area is 124 Å².